The molecule has 1 atom stereocenters. The molecular formula is C4H3BrCl2O2. The molecule has 1 unspecified atom stereocenters. The molecule has 0 fully saturated rings. The van der Waals surface area contributed by atoms with E-state index >= 15 is 0 Å². The molecule has 0 amide bonds. The maximum atomic E-state index is 10.2. The first-order valence-electron chi connectivity index (χ1n) is 2.05. The van der Waals surface area contributed by atoms with Gasteiger partial charge in [0.1, 0.15) is 0 Å². The molecule has 0 aromatic heterocycles. The molecule has 0 aliphatic carbocycles. The molecule has 0 N–H and O–H groups in total. The zero-order valence-electron chi connectivity index (χ0n) is 4.23. The number of hydrogen-bond donors (Lipinski definition) is 0. The van der Waals surface area contributed by atoms with Crippen LogP contribution in [-0.4, -0.2) is 15.3 Å². The Balaban J connectivity index is 3.63. The highest BCUT2D eigenvalue weighted by atomic mass is 79.9. The summed E-state index contributed by atoms with van der Waals surface area (Å²) in [6.07, 6.45) is -0.0656. The van der Waals surface area contributed by atoms with Crippen molar-refractivity contribution in [1.29, 1.82) is 0 Å². The van der Waals surface area contributed by atoms with Crippen molar-refractivity contribution in [2.75, 3.05) is 0 Å². The molecule has 52 valence electrons. The molecule has 2 nitrogen and oxygen atoms in total. The minimum Gasteiger partial charge on any atom is -0.281 e. The molecule has 0 aromatic rings. The Morgan fingerprint density at radius 1 is 1.44 bits per heavy atom. The molecule has 9 heavy (non-hydrogen) atoms. The van der Waals surface area contributed by atoms with Crippen LogP contribution in [0.1, 0.15) is 6.42 Å². The van der Waals surface area contributed by atoms with Gasteiger partial charge < -0.3 is 0 Å². The Labute approximate surface area is 70.6 Å². The molecule has 0 aliphatic rings. The summed E-state index contributed by atoms with van der Waals surface area (Å²) < 4.78 is 0. The van der Waals surface area contributed by atoms with Crippen LogP contribution >= 0.6 is 39.1 Å². The van der Waals surface area contributed by atoms with E-state index in [4.69, 9.17) is 23.2 Å². The monoisotopic (exact) mass is 232 g/mol. The van der Waals surface area contributed by atoms with Crippen molar-refractivity contribution in [3.05, 3.63) is 0 Å². The number of halogens is 3. The van der Waals surface area contributed by atoms with Crippen LogP contribution in [0.5, 0.6) is 0 Å². The van der Waals surface area contributed by atoms with E-state index in [2.05, 4.69) is 15.9 Å². The standard InChI is InChI=1S/C4H3BrCl2O2/c5-2(4(7)9)1-3(6)8/h2H,1H2. The highest BCUT2D eigenvalue weighted by molar-refractivity contribution is 9.10. The molecule has 0 saturated heterocycles. The number of carbonyl (C=O) groups is 2. The van der Waals surface area contributed by atoms with Crippen LogP contribution in [-0.2, 0) is 9.59 Å². The number of carbonyl (C=O) groups excluding carboxylic acids is 2. The third-order valence-corrected chi connectivity index (χ3v) is 2.01. The van der Waals surface area contributed by atoms with E-state index in [-0.39, 0.29) is 6.42 Å². The van der Waals surface area contributed by atoms with Crippen molar-refractivity contribution in [3.8, 4) is 0 Å². The topological polar surface area (TPSA) is 34.1 Å². The summed E-state index contributed by atoms with van der Waals surface area (Å²) in [5.41, 5.74) is 0. The van der Waals surface area contributed by atoms with Crippen LogP contribution in [0.3, 0.4) is 0 Å². The quantitative estimate of drug-likeness (QED) is 0.549. The van der Waals surface area contributed by atoms with Crippen LogP contribution in [0, 0.1) is 0 Å². The van der Waals surface area contributed by atoms with E-state index in [1.54, 1.807) is 0 Å². The minimum atomic E-state index is -0.649. The van der Waals surface area contributed by atoms with Crippen molar-refractivity contribution in [1.82, 2.24) is 0 Å². The van der Waals surface area contributed by atoms with Crippen molar-refractivity contribution >= 4 is 49.6 Å². The van der Waals surface area contributed by atoms with Crippen molar-refractivity contribution in [3.63, 3.8) is 0 Å². The molecular weight excluding hydrogens is 231 g/mol. The second kappa shape index (κ2) is 4.25. The van der Waals surface area contributed by atoms with E-state index in [9.17, 15) is 9.59 Å². The molecule has 0 heterocycles. The average molecular weight is 234 g/mol. The van der Waals surface area contributed by atoms with Crippen LogP contribution in [0.4, 0.5) is 0 Å². The second-order valence-corrected chi connectivity index (χ2v) is 3.23. The molecule has 0 aromatic carbocycles. The predicted molar refractivity (Wildman–Crippen MR) is 39.1 cm³/mol. The van der Waals surface area contributed by atoms with Crippen molar-refractivity contribution in [2.24, 2.45) is 0 Å². The first kappa shape index (κ1) is 9.40. The van der Waals surface area contributed by atoms with Gasteiger partial charge in [-0.05, 0) is 23.2 Å². The smallest absolute Gasteiger partial charge is 0.235 e. The summed E-state index contributed by atoms with van der Waals surface area (Å²) in [6.45, 7) is 0. The maximum absolute atomic E-state index is 10.2. The van der Waals surface area contributed by atoms with Gasteiger partial charge in [0.05, 0.1) is 4.83 Å². The molecule has 0 spiro atoms. The summed E-state index contributed by atoms with van der Waals surface area (Å²) in [6, 6.07) is 0. The molecule has 0 rings (SSSR count). The van der Waals surface area contributed by atoms with E-state index in [0.29, 0.717) is 0 Å². The normalized spacial score (nSPS) is 12.8. The zero-order valence-corrected chi connectivity index (χ0v) is 7.33. The third-order valence-electron chi connectivity index (χ3n) is 0.586. The number of rotatable bonds is 3. The molecule has 5 heteroatoms. The van der Waals surface area contributed by atoms with Gasteiger partial charge in [-0.3, -0.25) is 9.59 Å². The minimum absolute atomic E-state index is 0.0656. The zero-order chi connectivity index (χ0) is 7.44. The van der Waals surface area contributed by atoms with Crippen LogP contribution < -0.4 is 0 Å². The van der Waals surface area contributed by atoms with Gasteiger partial charge in [0.2, 0.25) is 10.5 Å². The van der Waals surface area contributed by atoms with Gasteiger partial charge in [-0.2, -0.15) is 0 Å². The van der Waals surface area contributed by atoms with Gasteiger partial charge in [0.25, 0.3) is 0 Å². The fraction of sp³-hybridized carbons (Fsp3) is 0.500. The lowest BCUT2D eigenvalue weighted by Gasteiger charge is -1.96. The molecule has 0 radical (unpaired) electrons. The second-order valence-electron chi connectivity index (χ2n) is 1.33. The lowest BCUT2D eigenvalue weighted by Crippen LogP contribution is -2.09. The molecule has 0 aliphatic heterocycles. The maximum Gasteiger partial charge on any atom is 0.235 e. The fourth-order valence-corrected chi connectivity index (χ4v) is 0.933. The Morgan fingerprint density at radius 2 is 1.89 bits per heavy atom. The summed E-state index contributed by atoms with van der Waals surface area (Å²) in [7, 11) is 0. The molecule has 0 bridgehead atoms. The lowest BCUT2D eigenvalue weighted by atomic mass is 10.4. The SMILES string of the molecule is O=C(Cl)CC(Br)C(=O)Cl. The highest BCUT2D eigenvalue weighted by Crippen LogP contribution is 2.10. The van der Waals surface area contributed by atoms with Gasteiger partial charge in [-0.1, -0.05) is 15.9 Å². The average Bonchev–Trinajstić information content (AvgIpc) is 1.63. The summed E-state index contributed by atoms with van der Waals surface area (Å²) in [5.74, 6) is 0. The largest absolute Gasteiger partial charge is 0.281 e. The van der Waals surface area contributed by atoms with E-state index in [1.807, 2.05) is 0 Å². The summed E-state index contributed by atoms with van der Waals surface area (Å²) in [4.78, 5) is 19.6. The van der Waals surface area contributed by atoms with Crippen LogP contribution in [0.25, 0.3) is 0 Å². The highest BCUT2D eigenvalue weighted by Gasteiger charge is 2.14. The van der Waals surface area contributed by atoms with Gasteiger partial charge in [-0.25, -0.2) is 0 Å². The third kappa shape index (κ3) is 4.88. The van der Waals surface area contributed by atoms with Gasteiger partial charge >= 0.3 is 0 Å². The van der Waals surface area contributed by atoms with Crippen molar-refractivity contribution in [2.45, 2.75) is 11.2 Å². The van der Waals surface area contributed by atoms with E-state index in [0.717, 1.165) is 0 Å². The van der Waals surface area contributed by atoms with Gasteiger partial charge in [-0.15, -0.1) is 0 Å². The van der Waals surface area contributed by atoms with Gasteiger partial charge in [0.15, 0.2) is 0 Å². The Kier molecular flexibility index (Phi) is 4.44. The Morgan fingerprint density at radius 3 is 2.00 bits per heavy atom. The van der Waals surface area contributed by atoms with E-state index < -0.39 is 15.3 Å². The van der Waals surface area contributed by atoms with Crippen LogP contribution in [0.15, 0.2) is 0 Å². The molecule has 0 saturated carbocycles. The predicted octanol–water partition coefficient (Wildman–Crippen LogP) is 1.67. The van der Waals surface area contributed by atoms with E-state index in [1.165, 1.54) is 0 Å². The van der Waals surface area contributed by atoms with Gasteiger partial charge in [0, 0.05) is 6.42 Å². The number of hydrogen-bond acceptors (Lipinski definition) is 2. The summed E-state index contributed by atoms with van der Waals surface area (Å²) in [5, 5.41) is -1.19. The van der Waals surface area contributed by atoms with Crippen molar-refractivity contribution < 1.29 is 9.59 Å². The van der Waals surface area contributed by atoms with Crippen LogP contribution in [0.2, 0.25) is 0 Å². The summed E-state index contributed by atoms with van der Waals surface area (Å²) >= 11 is 12.8. The Bertz CT molecular complexity index is 137. The Hall–Kier alpha value is 0.400. The lowest BCUT2D eigenvalue weighted by molar-refractivity contribution is -0.115. The first-order valence-corrected chi connectivity index (χ1v) is 3.73. The first-order chi connectivity index (χ1) is 4.04. The fourth-order valence-electron chi connectivity index (χ4n) is 0.221. The number of alkyl halides is 1.